The van der Waals surface area contributed by atoms with Crippen LogP contribution >= 0.6 is 0 Å². The van der Waals surface area contributed by atoms with Gasteiger partial charge in [0.1, 0.15) is 22.6 Å². The number of nitrogens with two attached hydrogens (primary N) is 1. The van der Waals surface area contributed by atoms with Crippen molar-refractivity contribution in [3.8, 4) is 5.75 Å². The summed E-state index contributed by atoms with van der Waals surface area (Å²) in [5, 5.41) is 9.33. The number of primary amides is 1. The Morgan fingerprint density at radius 3 is 2.74 bits per heavy atom. The van der Waals surface area contributed by atoms with Crippen LogP contribution in [0.3, 0.4) is 0 Å². The summed E-state index contributed by atoms with van der Waals surface area (Å²) < 4.78 is 41.0. The van der Waals surface area contributed by atoms with Crippen LogP contribution in [0.4, 0.5) is 4.39 Å². The second-order valence-electron chi connectivity index (χ2n) is 5.44. The van der Waals surface area contributed by atoms with E-state index < -0.39 is 38.1 Å². The van der Waals surface area contributed by atoms with Crippen molar-refractivity contribution < 1.29 is 22.7 Å². The summed E-state index contributed by atoms with van der Waals surface area (Å²) in [6, 6.07) is 3.71. The number of sulfonamides is 1. The normalized spacial score (nSPS) is 15.0. The Labute approximate surface area is 131 Å². The minimum Gasteiger partial charge on any atom is -0.506 e. The molecule has 1 fully saturated rings. The van der Waals surface area contributed by atoms with E-state index in [9.17, 15) is 22.7 Å². The number of aromatic hydroxyl groups is 1. The number of fused-ring (bicyclic) bond motifs is 1. The van der Waals surface area contributed by atoms with Crippen LogP contribution in [0.25, 0.3) is 10.9 Å². The van der Waals surface area contributed by atoms with E-state index in [2.05, 4.69) is 9.71 Å². The number of nitrogens with one attached hydrogen (secondary N) is 1. The summed E-state index contributed by atoms with van der Waals surface area (Å²) in [6.07, 6.45) is 1.83. The van der Waals surface area contributed by atoms with E-state index in [-0.39, 0.29) is 23.4 Å². The summed E-state index contributed by atoms with van der Waals surface area (Å²) in [5.74, 6) is -2.43. The van der Waals surface area contributed by atoms with Crippen molar-refractivity contribution in [1.29, 1.82) is 0 Å². The summed E-state index contributed by atoms with van der Waals surface area (Å²) in [7, 11) is -4.21. The number of benzene rings is 1. The number of amides is 1. The van der Waals surface area contributed by atoms with E-state index in [1.165, 1.54) is 12.1 Å². The van der Waals surface area contributed by atoms with E-state index in [0.717, 1.165) is 18.9 Å². The first kappa shape index (κ1) is 15.6. The first-order valence-electron chi connectivity index (χ1n) is 6.92. The molecule has 0 aliphatic heterocycles. The highest BCUT2D eigenvalue weighted by Gasteiger charge is 2.31. The number of carbonyl (C=O) groups is 1. The average Bonchev–Trinajstić information content (AvgIpc) is 3.30. The minimum atomic E-state index is -4.21. The van der Waals surface area contributed by atoms with Crippen LogP contribution < -0.4 is 10.5 Å². The molecule has 4 N–H and O–H groups in total. The zero-order chi connectivity index (χ0) is 16.8. The van der Waals surface area contributed by atoms with E-state index >= 15 is 0 Å². The van der Waals surface area contributed by atoms with Crippen molar-refractivity contribution in [2.24, 2.45) is 11.7 Å². The molecule has 0 unspecified atom stereocenters. The van der Waals surface area contributed by atoms with Gasteiger partial charge in [-0.1, -0.05) is 6.07 Å². The molecule has 0 atom stereocenters. The van der Waals surface area contributed by atoms with Crippen molar-refractivity contribution in [2.45, 2.75) is 17.9 Å². The third kappa shape index (κ3) is 2.84. The number of pyridine rings is 1. The highest BCUT2D eigenvalue weighted by Crippen LogP contribution is 2.33. The van der Waals surface area contributed by atoms with Crippen LogP contribution in [0.5, 0.6) is 5.75 Å². The molecular formula is C14H14FN3O4S. The lowest BCUT2D eigenvalue weighted by molar-refractivity contribution is 0.0994. The number of aromatic nitrogens is 1. The predicted molar refractivity (Wildman–Crippen MR) is 79.8 cm³/mol. The molecule has 23 heavy (non-hydrogen) atoms. The third-order valence-electron chi connectivity index (χ3n) is 3.67. The Hall–Kier alpha value is -2.26. The predicted octanol–water partition coefficient (Wildman–Crippen LogP) is 0.867. The van der Waals surface area contributed by atoms with Gasteiger partial charge in [0.05, 0.1) is 0 Å². The highest BCUT2D eigenvalue weighted by molar-refractivity contribution is 7.89. The van der Waals surface area contributed by atoms with Gasteiger partial charge >= 0.3 is 0 Å². The van der Waals surface area contributed by atoms with Gasteiger partial charge in [-0.3, -0.25) is 4.79 Å². The van der Waals surface area contributed by atoms with Crippen molar-refractivity contribution >= 4 is 26.8 Å². The highest BCUT2D eigenvalue weighted by atomic mass is 32.2. The second-order valence-corrected chi connectivity index (χ2v) is 7.12. The number of nitrogens with zero attached hydrogens (tertiary/aromatic N) is 1. The molecule has 0 radical (unpaired) electrons. The standard InChI is InChI=1S/C14H14FN3O4S/c15-9-3-1-2-8-11(9)18-14(10(12(8)19)13(16)20)23(21,22)17-6-7-4-5-7/h1-3,7,17H,4-6H2,(H2,16,20)(H,18,19). The maximum atomic E-state index is 13.9. The fourth-order valence-electron chi connectivity index (χ4n) is 2.25. The average molecular weight is 339 g/mol. The molecule has 3 rings (SSSR count). The largest absolute Gasteiger partial charge is 0.506 e. The SMILES string of the molecule is NC(=O)c1c(S(=O)(=O)NCC2CC2)nc2c(F)cccc2c1O. The molecule has 7 nitrogen and oxygen atoms in total. The molecule has 122 valence electrons. The molecule has 1 amide bonds. The van der Waals surface area contributed by atoms with Gasteiger partial charge in [-0.15, -0.1) is 0 Å². The molecule has 0 saturated heterocycles. The topological polar surface area (TPSA) is 122 Å². The number of hydrogen-bond acceptors (Lipinski definition) is 5. The number of rotatable bonds is 5. The first-order valence-corrected chi connectivity index (χ1v) is 8.40. The quantitative estimate of drug-likeness (QED) is 0.746. The summed E-state index contributed by atoms with van der Waals surface area (Å²) >= 11 is 0. The van der Waals surface area contributed by atoms with Crippen LogP contribution in [-0.2, 0) is 10.0 Å². The van der Waals surface area contributed by atoms with Gasteiger partial charge in [-0.25, -0.2) is 22.5 Å². The van der Waals surface area contributed by atoms with E-state index in [1.807, 2.05) is 0 Å². The third-order valence-corrected chi connectivity index (χ3v) is 5.02. The lowest BCUT2D eigenvalue weighted by atomic mass is 10.1. The summed E-state index contributed by atoms with van der Waals surface area (Å²) in [4.78, 5) is 15.3. The van der Waals surface area contributed by atoms with Gasteiger partial charge in [0, 0.05) is 11.9 Å². The molecule has 1 aliphatic carbocycles. The van der Waals surface area contributed by atoms with Gasteiger partial charge < -0.3 is 10.8 Å². The Morgan fingerprint density at radius 1 is 1.43 bits per heavy atom. The first-order chi connectivity index (χ1) is 10.8. The maximum absolute atomic E-state index is 13.9. The molecule has 1 aromatic carbocycles. The van der Waals surface area contributed by atoms with Crippen LogP contribution in [-0.4, -0.2) is 31.0 Å². The molecule has 1 saturated carbocycles. The lowest BCUT2D eigenvalue weighted by Gasteiger charge is -2.12. The number of hydrogen-bond donors (Lipinski definition) is 3. The Balaban J connectivity index is 2.23. The summed E-state index contributed by atoms with van der Waals surface area (Å²) in [5.41, 5.74) is 4.19. The Kier molecular flexibility index (Phi) is 3.69. The van der Waals surface area contributed by atoms with Crippen LogP contribution in [0.15, 0.2) is 23.2 Å². The maximum Gasteiger partial charge on any atom is 0.259 e. The van der Waals surface area contributed by atoms with Crippen molar-refractivity contribution in [3.05, 3.63) is 29.6 Å². The zero-order valence-corrected chi connectivity index (χ0v) is 12.7. The fraction of sp³-hybridized carbons (Fsp3) is 0.286. The van der Waals surface area contributed by atoms with Gasteiger partial charge in [0.25, 0.3) is 15.9 Å². The molecule has 1 aliphatic rings. The Morgan fingerprint density at radius 2 is 2.13 bits per heavy atom. The summed E-state index contributed by atoms with van der Waals surface area (Å²) in [6.45, 7) is 0.193. The molecule has 1 heterocycles. The van der Waals surface area contributed by atoms with Crippen LogP contribution in [0.2, 0.25) is 0 Å². The van der Waals surface area contributed by atoms with Gasteiger partial charge in [0.15, 0.2) is 5.03 Å². The molecule has 1 aromatic heterocycles. The lowest BCUT2D eigenvalue weighted by Crippen LogP contribution is -2.29. The minimum absolute atomic E-state index is 0.0834. The van der Waals surface area contributed by atoms with E-state index in [1.54, 1.807) is 0 Å². The van der Waals surface area contributed by atoms with Gasteiger partial charge in [-0.05, 0) is 30.9 Å². The molecule has 9 heteroatoms. The van der Waals surface area contributed by atoms with Gasteiger partial charge in [-0.2, -0.15) is 0 Å². The Bertz CT molecular complexity index is 910. The fourth-order valence-corrected chi connectivity index (χ4v) is 3.52. The van der Waals surface area contributed by atoms with E-state index in [4.69, 9.17) is 5.73 Å². The smallest absolute Gasteiger partial charge is 0.259 e. The van der Waals surface area contributed by atoms with Gasteiger partial charge in [0.2, 0.25) is 0 Å². The molecule has 0 spiro atoms. The van der Waals surface area contributed by atoms with Crippen molar-refractivity contribution in [2.75, 3.05) is 6.54 Å². The second kappa shape index (κ2) is 5.43. The van der Waals surface area contributed by atoms with Crippen LogP contribution in [0, 0.1) is 11.7 Å². The van der Waals surface area contributed by atoms with Crippen molar-refractivity contribution in [1.82, 2.24) is 9.71 Å². The number of para-hydroxylation sites is 1. The zero-order valence-electron chi connectivity index (χ0n) is 11.9. The molecular weight excluding hydrogens is 325 g/mol. The van der Waals surface area contributed by atoms with Crippen LogP contribution in [0.1, 0.15) is 23.2 Å². The molecule has 2 aromatic rings. The molecule has 0 bridgehead atoms. The van der Waals surface area contributed by atoms with E-state index in [0.29, 0.717) is 0 Å². The monoisotopic (exact) mass is 339 g/mol. The van der Waals surface area contributed by atoms with Crippen molar-refractivity contribution in [3.63, 3.8) is 0 Å². The number of carbonyl (C=O) groups excluding carboxylic acids is 1. The number of halogens is 1.